The standard InChI is InChI=1S/C4H11O5PS/c1-3-8-10(5,9-4-2)11(6)7/h3-4H2,1-2H3,(H,6,7)/p-1. The van der Waals surface area contributed by atoms with Gasteiger partial charge in [-0.2, -0.15) is 0 Å². The molecular formula is C4H10O5PS-. The summed E-state index contributed by atoms with van der Waals surface area (Å²) < 4.78 is 40.5. The topological polar surface area (TPSA) is 75.7 Å². The van der Waals surface area contributed by atoms with Gasteiger partial charge in [0.05, 0.1) is 23.9 Å². The monoisotopic (exact) mass is 201 g/mol. The molecule has 0 amide bonds. The Kier molecular flexibility index (Phi) is 5.12. The fourth-order valence-corrected chi connectivity index (χ4v) is 2.47. The van der Waals surface area contributed by atoms with Gasteiger partial charge in [-0.3, -0.25) is 4.21 Å². The molecule has 0 radical (unpaired) electrons. The van der Waals surface area contributed by atoms with Crippen molar-refractivity contribution in [3.63, 3.8) is 0 Å². The normalized spacial score (nSPS) is 14.8. The van der Waals surface area contributed by atoms with Gasteiger partial charge in [0.25, 0.3) is 0 Å². The summed E-state index contributed by atoms with van der Waals surface area (Å²) in [6.45, 7) is -0.700. The van der Waals surface area contributed by atoms with Gasteiger partial charge in [-0.05, 0) is 13.8 Å². The van der Waals surface area contributed by atoms with E-state index in [2.05, 4.69) is 9.05 Å². The largest absolute Gasteiger partial charge is 0.763 e. The molecule has 0 aliphatic heterocycles. The van der Waals surface area contributed by atoms with E-state index in [-0.39, 0.29) is 13.2 Å². The molecular weight excluding hydrogens is 191 g/mol. The zero-order valence-electron chi connectivity index (χ0n) is 6.31. The van der Waals surface area contributed by atoms with Crippen molar-refractivity contribution in [3.05, 3.63) is 0 Å². The van der Waals surface area contributed by atoms with Crippen LogP contribution in [0.4, 0.5) is 0 Å². The molecule has 0 aromatic heterocycles. The lowest BCUT2D eigenvalue weighted by atomic mass is 10.9. The summed E-state index contributed by atoms with van der Waals surface area (Å²) in [5.74, 6) is 0. The second-order valence-electron chi connectivity index (χ2n) is 1.50. The summed E-state index contributed by atoms with van der Waals surface area (Å²) in [4.78, 5) is 0. The second kappa shape index (κ2) is 5.00. The van der Waals surface area contributed by atoms with E-state index in [1.807, 2.05) is 0 Å². The molecule has 0 spiro atoms. The number of hydrogen-bond acceptors (Lipinski definition) is 5. The van der Waals surface area contributed by atoms with Gasteiger partial charge in [0.15, 0.2) is 0 Å². The Labute approximate surface area is 67.7 Å². The van der Waals surface area contributed by atoms with Crippen molar-refractivity contribution in [2.45, 2.75) is 13.8 Å². The van der Waals surface area contributed by atoms with E-state index in [1.54, 1.807) is 13.8 Å². The molecule has 0 heterocycles. The minimum atomic E-state index is -3.87. The third-order valence-corrected chi connectivity index (χ3v) is 4.00. The molecule has 0 aromatic rings. The summed E-state index contributed by atoms with van der Waals surface area (Å²) in [6, 6.07) is 0. The Morgan fingerprint density at radius 1 is 1.36 bits per heavy atom. The Hall–Kier alpha value is 0.260. The Balaban J connectivity index is 4.27. The minimum absolute atomic E-state index is 0.0469. The highest BCUT2D eigenvalue weighted by atomic mass is 32.8. The van der Waals surface area contributed by atoms with Crippen LogP contribution in [-0.4, -0.2) is 22.0 Å². The van der Waals surface area contributed by atoms with Crippen molar-refractivity contribution >= 4 is 17.5 Å². The smallest absolute Gasteiger partial charge is 0.405 e. The number of hydrogen-bond donors (Lipinski definition) is 0. The second-order valence-corrected chi connectivity index (χ2v) is 5.58. The average Bonchev–Trinajstić information content (AvgIpc) is 1.88. The molecule has 0 rings (SSSR count). The Morgan fingerprint density at radius 3 is 1.91 bits per heavy atom. The molecule has 1 atom stereocenters. The first-order chi connectivity index (χ1) is 5.06. The highest BCUT2D eigenvalue weighted by molar-refractivity contribution is 8.42. The van der Waals surface area contributed by atoms with E-state index in [9.17, 15) is 13.3 Å². The predicted octanol–water partition coefficient (Wildman–Crippen LogP) is 1.05. The van der Waals surface area contributed by atoms with Crippen molar-refractivity contribution in [2.24, 2.45) is 0 Å². The maximum atomic E-state index is 11.1. The summed E-state index contributed by atoms with van der Waals surface area (Å²) in [5.41, 5.74) is 0. The first kappa shape index (κ1) is 11.3. The molecule has 0 aliphatic carbocycles. The molecule has 0 aromatic carbocycles. The molecule has 1 unspecified atom stereocenters. The van der Waals surface area contributed by atoms with Crippen molar-refractivity contribution in [1.82, 2.24) is 0 Å². The lowest BCUT2D eigenvalue weighted by Gasteiger charge is -2.17. The van der Waals surface area contributed by atoms with Gasteiger partial charge in [0.2, 0.25) is 0 Å². The van der Waals surface area contributed by atoms with Gasteiger partial charge < -0.3 is 13.6 Å². The quantitative estimate of drug-likeness (QED) is 0.490. The highest BCUT2D eigenvalue weighted by Gasteiger charge is 2.24. The SMILES string of the molecule is CCOP(=O)(OCC)S(=O)[O-]. The van der Waals surface area contributed by atoms with Crippen LogP contribution in [0.5, 0.6) is 0 Å². The van der Waals surface area contributed by atoms with E-state index in [1.165, 1.54) is 0 Å². The molecule has 0 saturated heterocycles. The Morgan fingerprint density at radius 2 is 1.73 bits per heavy atom. The zero-order chi connectivity index (χ0) is 8.91. The lowest BCUT2D eigenvalue weighted by molar-refractivity contribution is 0.233. The van der Waals surface area contributed by atoms with Crippen LogP contribution in [0.25, 0.3) is 0 Å². The average molecular weight is 201 g/mol. The van der Waals surface area contributed by atoms with Crippen LogP contribution in [0.15, 0.2) is 0 Å². The van der Waals surface area contributed by atoms with E-state index in [0.717, 1.165) is 0 Å². The van der Waals surface area contributed by atoms with Gasteiger partial charge in [-0.15, -0.1) is 0 Å². The first-order valence-corrected chi connectivity index (χ1v) is 6.28. The highest BCUT2D eigenvalue weighted by Crippen LogP contribution is 2.50. The van der Waals surface area contributed by atoms with Gasteiger partial charge in [0, 0.05) is 0 Å². The molecule has 0 aliphatic rings. The molecule has 0 fully saturated rings. The number of rotatable bonds is 5. The molecule has 0 saturated carbocycles. The van der Waals surface area contributed by atoms with Gasteiger partial charge >= 0.3 is 6.80 Å². The first-order valence-electron chi connectivity index (χ1n) is 3.06. The third-order valence-electron chi connectivity index (χ3n) is 0.757. The van der Waals surface area contributed by atoms with Crippen LogP contribution in [0, 0.1) is 0 Å². The molecule has 0 N–H and O–H groups in total. The predicted molar refractivity (Wildman–Crippen MR) is 39.8 cm³/mol. The third kappa shape index (κ3) is 3.44. The van der Waals surface area contributed by atoms with Crippen LogP contribution in [-0.2, 0) is 24.3 Å². The molecule has 0 bridgehead atoms. The fourth-order valence-electron chi connectivity index (χ4n) is 0.440. The van der Waals surface area contributed by atoms with Crippen molar-refractivity contribution in [2.75, 3.05) is 13.2 Å². The summed E-state index contributed by atoms with van der Waals surface area (Å²) in [7, 11) is -2.81. The van der Waals surface area contributed by atoms with Crippen LogP contribution in [0.3, 0.4) is 0 Å². The molecule has 11 heavy (non-hydrogen) atoms. The maximum Gasteiger partial charge on any atom is 0.405 e. The van der Waals surface area contributed by atoms with Gasteiger partial charge in [0.1, 0.15) is 0 Å². The Bertz CT molecular complexity index is 171. The van der Waals surface area contributed by atoms with E-state index in [4.69, 9.17) is 0 Å². The molecule has 5 nitrogen and oxygen atoms in total. The van der Waals surface area contributed by atoms with E-state index < -0.39 is 17.5 Å². The zero-order valence-corrected chi connectivity index (χ0v) is 8.02. The lowest BCUT2D eigenvalue weighted by Crippen LogP contribution is -2.00. The molecule has 7 heteroatoms. The van der Waals surface area contributed by atoms with Crippen molar-refractivity contribution in [3.8, 4) is 0 Å². The van der Waals surface area contributed by atoms with Crippen LogP contribution in [0.1, 0.15) is 13.8 Å². The van der Waals surface area contributed by atoms with E-state index >= 15 is 0 Å². The maximum absolute atomic E-state index is 11.1. The summed E-state index contributed by atoms with van der Waals surface area (Å²) >= 11 is 0. The summed E-state index contributed by atoms with van der Waals surface area (Å²) in [5, 5.41) is 0. The van der Waals surface area contributed by atoms with Crippen LogP contribution >= 0.6 is 6.80 Å². The van der Waals surface area contributed by atoms with Gasteiger partial charge in [-0.25, -0.2) is 4.57 Å². The minimum Gasteiger partial charge on any atom is -0.763 e. The summed E-state index contributed by atoms with van der Waals surface area (Å²) in [6.07, 6.45) is 0. The van der Waals surface area contributed by atoms with Crippen molar-refractivity contribution in [1.29, 1.82) is 0 Å². The fraction of sp³-hybridized carbons (Fsp3) is 1.00. The van der Waals surface area contributed by atoms with Crippen molar-refractivity contribution < 1.29 is 22.4 Å². The van der Waals surface area contributed by atoms with Gasteiger partial charge in [-0.1, -0.05) is 0 Å². The van der Waals surface area contributed by atoms with Crippen LogP contribution < -0.4 is 0 Å². The molecule has 68 valence electrons. The van der Waals surface area contributed by atoms with E-state index in [0.29, 0.717) is 0 Å². The van der Waals surface area contributed by atoms with Crippen LogP contribution in [0.2, 0.25) is 0 Å².